The lowest BCUT2D eigenvalue weighted by Crippen LogP contribution is -2.57. The van der Waals surface area contributed by atoms with Crippen LogP contribution in [0.25, 0.3) is 0 Å². The molecule has 1 aliphatic carbocycles. The lowest BCUT2D eigenvalue weighted by atomic mass is 9.75. The summed E-state index contributed by atoms with van der Waals surface area (Å²) < 4.78 is 38.0. The summed E-state index contributed by atoms with van der Waals surface area (Å²) in [6, 6.07) is 3.65. The molecule has 0 N–H and O–H groups in total. The predicted octanol–water partition coefficient (Wildman–Crippen LogP) is 2.51. The molecule has 0 radical (unpaired) electrons. The van der Waals surface area contributed by atoms with Gasteiger partial charge < -0.3 is 14.4 Å². The Kier molecular flexibility index (Phi) is 4.14. The Morgan fingerprint density at radius 2 is 2.28 bits per heavy atom. The highest BCUT2D eigenvalue weighted by atomic mass is 19.3. The highest BCUT2D eigenvalue weighted by Crippen LogP contribution is 2.46. The van der Waals surface area contributed by atoms with Crippen molar-refractivity contribution in [3.8, 4) is 5.75 Å². The van der Waals surface area contributed by atoms with E-state index in [1.807, 2.05) is 12.1 Å². The van der Waals surface area contributed by atoms with Crippen LogP contribution in [0.4, 0.5) is 8.78 Å². The minimum absolute atomic E-state index is 0.0519. The molecule has 0 spiro atoms. The number of likely N-dealkylation sites (tertiary alicyclic amines) is 1. The molecule has 7 heteroatoms. The summed E-state index contributed by atoms with van der Waals surface area (Å²) in [5, 5.41) is 0. The first-order chi connectivity index (χ1) is 12.0. The van der Waals surface area contributed by atoms with Crippen LogP contribution < -0.4 is 4.74 Å². The van der Waals surface area contributed by atoms with Crippen LogP contribution in [0.3, 0.4) is 0 Å². The number of ether oxygens (including phenoxy) is 2. The Morgan fingerprint density at radius 1 is 1.44 bits per heavy atom. The molecule has 2 aliphatic heterocycles. The third-order valence-electron chi connectivity index (χ3n) is 5.68. The molecule has 4 rings (SSSR count). The molecule has 5 nitrogen and oxygen atoms in total. The molecule has 136 valence electrons. The van der Waals surface area contributed by atoms with Crippen LogP contribution in [-0.2, 0) is 9.53 Å². The standard InChI is InChI=1S/C18H22F2N2O3/c19-18(20)8-13(9-18)16(23)22-6-3-15-17(11-22,4-7-24-15)12-25-14-2-1-5-21-10-14/h1-2,5,10,13,15H,3-4,6-9,11-12H2/t15-,17+/m1/s1. The summed E-state index contributed by atoms with van der Waals surface area (Å²) in [6.07, 6.45) is 4.29. The lowest BCUT2D eigenvalue weighted by molar-refractivity contribution is -0.165. The fraction of sp³-hybridized carbons (Fsp3) is 0.667. The minimum atomic E-state index is -2.67. The average Bonchev–Trinajstić information content (AvgIpc) is 3.01. The number of hydrogen-bond acceptors (Lipinski definition) is 4. The molecule has 25 heavy (non-hydrogen) atoms. The molecule has 0 unspecified atom stereocenters. The van der Waals surface area contributed by atoms with Crippen molar-refractivity contribution in [1.29, 1.82) is 0 Å². The summed E-state index contributed by atoms with van der Waals surface area (Å²) >= 11 is 0. The van der Waals surface area contributed by atoms with E-state index in [4.69, 9.17) is 9.47 Å². The Balaban J connectivity index is 1.43. The number of pyridine rings is 1. The zero-order chi connectivity index (χ0) is 17.5. The molecule has 0 bridgehead atoms. The molecule has 0 aromatic carbocycles. The molecule has 3 aliphatic rings. The SMILES string of the molecule is O=C(C1CC(F)(F)C1)N1CC[C@H]2OCC[C@@]2(COc2cccnc2)C1. The summed E-state index contributed by atoms with van der Waals surface area (Å²) in [6.45, 7) is 2.16. The third kappa shape index (κ3) is 3.21. The molecule has 1 saturated carbocycles. The van der Waals surface area contributed by atoms with Gasteiger partial charge in [-0.2, -0.15) is 0 Å². The van der Waals surface area contributed by atoms with Gasteiger partial charge in [0.15, 0.2) is 0 Å². The molecule has 2 atom stereocenters. The Bertz CT molecular complexity index is 634. The second kappa shape index (κ2) is 6.20. The van der Waals surface area contributed by atoms with Crippen molar-refractivity contribution in [2.75, 3.05) is 26.3 Å². The maximum Gasteiger partial charge on any atom is 0.249 e. The van der Waals surface area contributed by atoms with Gasteiger partial charge in [-0.05, 0) is 25.0 Å². The average molecular weight is 352 g/mol. The zero-order valence-electron chi connectivity index (χ0n) is 14.0. The summed E-state index contributed by atoms with van der Waals surface area (Å²) in [5.41, 5.74) is -0.268. The highest BCUT2D eigenvalue weighted by Gasteiger charge is 2.53. The van der Waals surface area contributed by atoms with Crippen molar-refractivity contribution in [3.63, 3.8) is 0 Å². The van der Waals surface area contributed by atoms with Gasteiger partial charge in [0.2, 0.25) is 11.8 Å². The Labute approximate surface area is 145 Å². The van der Waals surface area contributed by atoms with Crippen LogP contribution >= 0.6 is 0 Å². The number of amides is 1. The largest absolute Gasteiger partial charge is 0.491 e. The fourth-order valence-corrected chi connectivity index (χ4v) is 4.20. The van der Waals surface area contributed by atoms with Crippen molar-refractivity contribution >= 4 is 5.91 Å². The number of halogens is 2. The number of aromatic nitrogens is 1. The predicted molar refractivity (Wildman–Crippen MR) is 85.4 cm³/mol. The maximum atomic E-state index is 13.1. The summed E-state index contributed by atoms with van der Waals surface area (Å²) in [5.74, 6) is -2.66. The van der Waals surface area contributed by atoms with Crippen molar-refractivity contribution in [1.82, 2.24) is 9.88 Å². The van der Waals surface area contributed by atoms with Crippen LogP contribution in [0, 0.1) is 11.3 Å². The number of alkyl halides is 2. The maximum absolute atomic E-state index is 13.1. The third-order valence-corrected chi connectivity index (χ3v) is 5.68. The van der Waals surface area contributed by atoms with E-state index in [0.717, 1.165) is 12.8 Å². The number of piperidine rings is 1. The Hall–Kier alpha value is -1.76. The van der Waals surface area contributed by atoms with E-state index in [9.17, 15) is 13.6 Å². The van der Waals surface area contributed by atoms with Gasteiger partial charge in [0.25, 0.3) is 0 Å². The summed E-state index contributed by atoms with van der Waals surface area (Å²) in [4.78, 5) is 18.4. The second-order valence-electron chi connectivity index (χ2n) is 7.46. The lowest BCUT2D eigenvalue weighted by Gasteiger charge is -2.46. The zero-order valence-corrected chi connectivity index (χ0v) is 14.0. The molecule has 2 saturated heterocycles. The van der Waals surface area contributed by atoms with E-state index in [2.05, 4.69) is 4.98 Å². The van der Waals surface area contributed by atoms with Gasteiger partial charge in [-0.15, -0.1) is 0 Å². The van der Waals surface area contributed by atoms with Crippen LogP contribution in [-0.4, -0.2) is 54.1 Å². The number of hydrogen-bond donors (Lipinski definition) is 0. The number of rotatable bonds is 4. The van der Waals surface area contributed by atoms with Gasteiger partial charge in [-0.1, -0.05) is 0 Å². The van der Waals surface area contributed by atoms with Crippen molar-refractivity contribution in [2.24, 2.45) is 11.3 Å². The first-order valence-corrected chi connectivity index (χ1v) is 8.79. The molecule has 3 heterocycles. The Morgan fingerprint density at radius 3 is 3.00 bits per heavy atom. The van der Waals surface area contributed by atoms with Crippen molar-refractivity contribution in [3.05, 3.63) is 24.5 Å². The van der Waals surface area contributed by atoms with E-state index in [1.54, 1.807) is 17.3 Å². The quantitative estimate of drug-likeness (QED) is 0.836. The first kappa shape index (κ1) is 16.7. The minimum Gasteiger partial charge on any atom is -0.491 e. The van der Waals surface area contributed by atoms with Gasteiger partial charge in [-0.25, -0.2) is 8.78 Å². The van der Waals surface area contributed by atoms with Gasteiger partial charge in [0.1, 0.15) is 5.75 Å². The molecule has 3 fully saturated rings. The van der Waals surface area contributed by atoms with Crippen molar-refractivity contribution < 1.29 is 23.0 Å². The fourth-order valence-electron chi connectivity index (χ4n) is 4.20. The van der Waals surface area contributed by atoms with Gasteiger partial charge in [-0.3, -0.25) is 9.78 Å². The number of carbonyl (C=O) groups is 1. The smallest absolute Gasteiger partial charge is 0.249 e. The second-order valence-corrected chi connectivity index (χ2v) is 7.46. The van der Waals surface area contributed by atoms with E-state index in [1.165, 1.54) is 0 Å². The number of fused-ring (bicyclic) bond motifs is 1. The van der Waals surface area contributed by atoms with Gasteiger partial charge in [0.05, 0.1) is 24.3 Å². The van der Waals surface area contributed by atoms with Gasteiger partial charge in [0, 0.05) is 44.7 Å². The molecule has 1 amide bonds. The molecular weight excluding hydrogens is 330 g/mol. The van der Waals surface area contributed by atoms with E-state index in [0.29, 0.717) is 32.1 Å². The monoisotopic (exact) mass is 352 g/mol. The van der Waals surface area contributed by atoms with Crippen LogP contribution in [0.15, 0.2) is 24.5 Å². The van der Waals surface area contributed by atoms with Crippen LogP contribution in [0.1, 0.15) is 25.7 Å². The topological polar surface area (TPSA) is 51.7 Å². The normalized spacial score (nSPS) is 31.3. The number of carbonyl (C=O) groups excluding carboxylic acids is 1. The molecule has 1 aromatic rings. The van der Waals surface area contributed by atoms with E-state index >= 15 is 0 Å². The summed E-state index contributed by atoms with van der Waals surface area (Å²) in [7, 11) is 0. The number of nitrogens with zero attached hydrogens (tertiary/aromatic N) is 2. The van der Waals surface area contributed by atoms with Crippen molar-refractivity contribution in [2.45, 2.75) is 37.7 Å². The molecule has 1 aromatic heterocycles. The first-order valence-electron chi connectivity index (χ1n) is 8.79. The van der Waals surface area contributed by atoms with Gasteiger partial charge >= 0.3 is 0 Å². The molecular formula is C18H22F2N2O3. The van der Waals surface area contributed by atoms with E-state index in [-0.39, 0.29) is 30.3 Å². The van der Waals surface area contributed by atoms with Crippen LogP contribution in [0.5, 0.6) is 5.75 Å². The van der Waals surface area contributed by atoms with E-state index < -0.39 is 11.8 Å². The highest BCUT2D eigenvalue weighted by molar-refractivity contribution is 5.80. The van der Waals surface area contributed by atoms with Crippen LogP contribution in [0.2, 0.25) is 0 Å².